The summed E-state index contributed by atoms with van der Waals surface area (Å²) < 4.78 is 3.70. The van der Waals surface area contributed by atoms with Gasteiger partial charge >= 0.3 is 0 Å². The Morgan fingerprint density at radius 1 is 1.37 bits per heavy atom. The van der Waals surface area contributed by atoms with Gasteiger partial charge in [0.15, 0.2) is 0 Å². The van der Waals surface area contributed by atoms with Crippen LogP contribution in [0.25, 0.3) is 0 Å². The van der Waals surface area contributed by atoms with E-state index in [2.05, 4.69) is 20.4 Å². The average Bonchev–Trinajstić information content (AvgIpc) is 3.15. The number of aromatic nitrogens is 4. The number of halogens is 1. The molecule has 0 unspecified atom stereocenters. The molecule has 1 fully saturated rings. The Bertz CT molecular complexity index is 788. The van der Waals surface area contributed by atoms with E-state index >= 15 is 0 Å². The monoisotopic (exact) mass is 392 g/mol. The number of hydrogen-bond donors (Lipinski definition) is 1. The number of amides is 1. The van der Waals surface area contributed by atoms with Crippen molar-refractivity contribution >= 4 is 23.3 Å². The first-order valence-corrected chi connectivity index (χ1v) is 9.96. The molecule has 0 spiro atoms. The summed E-state index contributed by atoms with van der Waals surface area (Å²) in [4.78, 5) is 14.5. The van der Waals surface area contributed by atoms with Crippen LogP contribution in [0.4, 0.5) is 5.82 Å². The second kappa shape index (κ2) is 8.44. The largest absolute Gasteiger partial charge is 0.311 e. The van der Waals surface area contributed by atoms with E-state index in [0.717, 1.165) is 54.7 Å². The van der Waals surface area contributed by atoms with Crippen molar-refractivity contribution < 1.29 is 4.79 Å². The Labute approximate surface area is 165 Å². The summed E-state index contributed by atoms with van der Waals surface area (Å²) in [5.41, 5.74) is 2.10. The van der Waals surface area contributed by atoms with Crippen molar-refractivity contribution in [3.63, 3.8) is 0 Å². The van der Waals surface area contributed by atoms with Gasteiger partial charge in [0.2, 0.25) is 5.91 Å². The highest BCUT2D eigenvalue weighted by Gasteiger charge is 2.25. The molecule has 2 aromatic heterocycles. The molecule has 148 valence electrons. The molecule has 0 saturated carbocycles. The smallest absolute Gasteiger partial charge is 0.225 e. The van der Waals surface area contributed by atoms with Gasteiger partial charge in [0.25, 0.3) is 0 Å². The Hall–Kier alpha value is -1.86. The van der Waals surface area contributed by atoms with Crippen LogP contribution in [-0.4, -0.2) is 43.5 Å². The number of rotatable bonds is 6. The summed E-state index contributed by atoms with van der Waals surface area (Å²) in [6.45, 7) is 8.85. The molecule has 0 radical (unpaired) electrons. The number of anilines is 1. The molecule has 0 aromatic carbocycles. The van der Waals surface area contributed by atoms with Crippen molar-refractivity contribution in [1.82, 2.24) is 24.5 Å². The molecule has 0 atom stereocenters. The lowest BCUT2D eigenvalue weighted by atomic mass is 10.0. The maximum absolute atomic E-state index is 12.1. The second-order valence-corrected chi connectivity index (χ2v) is 8.15. The van der Waals surface area contributed by atoms with E-state index in [1.54, 1.807) is 10.9 Å². The molecule has 7 nitrogen and oxygen atoms in total. The van der Waals surface area contributed by atoms with Crippen LogP contribution >= 0.6 is 11.6 Å². The van der Waals surface area contributed by atoms with Crippen LogP contribution in [0, 0.1) is 12.8 Å². The number of carbonyl (C=O) groups excluding carboxylic acids is 1. The summed E-state index contributed by atoms with van der Waals surface area (Å²) in [5, 5.41) is 12.6. The number of piperidine rings is 1. The highest BCUT2D eigenvalue weighted by molar-refractivity contribution is 6.30. The number of carbonyl (C=O) groups is 1. The fourth-order valence-corrected chi connectivity index (χ4v) is 3.90. The Balaban J connectivity index is 1.58. The second-order valence-electron chi connectivity index (χ2n) is 7.79. The minimum atomic E-state index is 0.0471. The SMILES string of the molecule is Cc1nn(C)c(Cl)c1CN1CCC(n2nccc2NC(=O)CC(C)C)CC1. The molecule has 8 heteroatoms. The molecule has 1 amide bonds. The summed E-state index contributed by atoms with van der Waals surface area (Å²) in [7, 11) is 1.87. The van der Waals surface area contributed by atoms with E-state index in [0.29, 0.717) is 18.4 Å². The van der Waals surface area contributed by atoms with Gasteiger partial charge in [-0.3, -0.25) is 14.4 Å². The van der Waals surface area contributed by atoms with Crippen LogP contribution in [0.1, 0.15) is 50.4 Å². The highest BCUT2D eigenvalue weighted by atomic mass is 35.5. The molecule has 3 heterocycles. The maximum atomic E-state index is 12.1. The van der Waals surface area contributed by atoms with Crippen molar-refractivity contribution in [2.45, 2.75) is 52.6 Å². The quantitative estimate of drug-likeness (QED) is 0.818. The summed E-state index contributed by atoms with van der Waals surface area (Å²) in [6.07, 6.45) is 4.27. The first kappa shape index (κ1) is 19.9. The first-order chi connectivity index (χ1) is 12.8. The third-order valence-electron chi connectivity index (χ3n) is 5.09. The maximum Gasteiger partial charge on any atom is 0.225 e. The number of nitrogens with zero attached hydrogens (tertiary/aromatic N) is 5. The van der Waals surface area contributed by atoms with Gasteiger partial charge in [-0.05, 0) is 25.7 Å². The Kier molecular flexibility index (Phi) is 6.22. The lowest BCUT2D eigenvalue weighted by Crippen LogP contribution is -2.35. The van der Waals surface area contributed by atoms with Crippen molar-refractivity contribution in [2.75, 3.05) is 18.4 Å². The molecular weight excluding hydrogens is 364 g/mol. The molecule has 0 bridgehead atoms. The first-order valence-electron chi connectivity index (χ1n) is 9.58. The number of nitrogens with one attached hydrogen (secondary N) is 1. The van der Waals surface area contributed by atoms with Crippen molar-refractivity contribution in [3.05, 3.63) is 28.7 Å². The predicted molar refractivity (Wildman–Crippen MR) is 107 cm³/mol. The van der Waals surface area contributed by atoms with E-state index in [-0.39, 0.29) is 5.91 Å². The van der Waals surface area contributed by atoms with Gasteiger partial charge in [0.1, 0.15) is 11.0 Å². The zero-order valence-corrected chi connectivity index (χ0v) is 17.3. The number of likely N-dealkylation sites (tertiary alicyclic amines) is 1. The summed E-state index contributed by atoms with van der Waals surface area (Å²) in [6, 6.07) is 2.18. The van der Waals surface area contributed by atoms with E-state index in [4.69, 9.17) is 11.6 Å². The van der Waals surface area contributed by atoms with Crippen molar-refractivity contribution in [3.8, 4) is 0 Å². The summed E-state index contributed by atoms with van der Waals surface area (Å²) in [5.74, 6) is 1.18. The number of aryl methyl sites for hydroxylation is 2. The van der Waals surface area contributed by atoms with E-state index in [9.17, 15) is 4.79 Å². The fraction of sp³-hybridized carbons (Fsp3) is 0.632. The Morgan fingerprint density at radius 3 is 2.67 bits per heavy atom. The lowest BCUT2D eigenvalue weighted by molar-refractivity contribution is -0.116. The van der Waals surface area contributed by atoms with Gasteiger partial charge in [0.05, 0.1) is 17.9 Å². The molecule has 3 rings (SSSR count). The molecule has 27 heavy (non-hydrogen) atoms. The van der Waals surface area contributed by atoms with E-state index in [1.807, 2.05) is 38.6 Å². The summed E-state index contributed by atoms with van der Waals surface area (Å²) >= 11 is 6.37. The minimum Gasteiger partial charge on any atom is -0.311 e. The predicted octanol–water partition coefficient (Wildman–Crippen LogP) is 3.40. The molecule has 1 N–H and O–H groups in total. The van der Waals surface area contributed by atoms with Crippen LogP contribution < -0.4 is 5.32 Å². The molecule has 1 aliphatic rings. The zero-order valence-electron chi connectivity index (χ0n) is 16.6. The third-order valence-corrected chi connectivity index (χ3v) is 5.56. The zero-order chi connectivity index (χ0) is 19.6. The Morgan fingerprint density at radius 2 is 2.07 bits per heavy atom. The molecular formula is C19H29ClN6O. The van der Waals surface area contributed by atoms with Crippen LogP contribution in [0.5, 0.6) is 0 Å². The normalized spacial score (nSPS) is 16.2. The van der Waals surface area contributed by atoms with Gasteiger partial charge in [-0.2, -0.15) is 10.2 Å². The standard InChI is InChI=1S/C19H29ClN6O/c1-13(2)11-18(27)22-17-5-8-21-26(17)15-6-9-25(10-7-15)12-16-14(3)23-24(4)19(16)20/h5,8,13,15H,6-7,9-12H2,1-4H3,(H,22,27). The molecule has 0 aliphatic carbocycles. The molecule has 1 aliphatic heterocycles. The van der Waals surface area contributed by atoms with Gasteiger partial charge in [-0.1, -0.05) is 25.4 Å². The highest BCUT2D eigenvalue weighted by Crippen LogP contribution is 2.28. The minimum absolute atomic E-state index is 0.0471. The van der Waals surface area contributed by atoms with Crippen LogP contribution in [-0.2, 0) is 18.4 Å². The van der Waals surface area contributed by atoms with Crippen molar-refractivity contribution in [2.24, 2.45) is 13.0 Å². The van der Waals surface area contributed by atoms with Gasteiger partial charge in [-0.25, -0.2) is 4.68 Å². The van der Waals surface area contributed by atoms with Gasteiger partial charge in [0, 0.05) is 44.7 Å². The third kappa shape index (κ3) is 4.71. The fourth-order valence-electron chi connectivity index (χ4n) is 3.67. The van der Waals surface area contributed by atoms with Crippen LogP contribution in [0.3, 0.4) is 0 Å². The van der Waals surface area contributed by atoms with Crippen LogP contribution in [0.2, 0.25) is 5.15 Å². The van der Waals surface area contributed by atoms with Gasteiger partial charge < -0.3 is 5.32 Å². The number of hydrogen-bond acceptors (Lipinski definition) is 4. The topological polar surface area (TPSA) is 68.0 Å². The van der Waals surface area contributed by atoms with E-state index in [1.165, 1.54) is 0 Å². The lowest BCUT2D eigenvalue weighted by Gasteiger charge is -2.32. The average molecular weight is 393 g/mol. The molecule has 2 aromatic rings. The van der Waals surface area contributed by atoms with E-state index < -0.39 is 0 Å². The van der Waals surface area contributed by atoms with Gasteiger partial charge in [-0.15, -0.1) is 0 Å². The molecule has 1 saturated heterocycles. The van der Waals surface area contributed by atoms with Crippen molar-refractivity contribution in [1.29, 1.82) is 0 Å². The van der Waals surface area contributed by atoms with Crippen LogP contribution in [0.15, 0.2) is 12.3 Å².